The highest BCUT2D eigenvalue weighted by molar-refractivity contribution is 6.05. The molecule has 0 heterocycles. The third-order valence-electron chi connectivity index (χ3n) is 8.67. The fraction of sp³-hybridized carbons (Fsp3) is 0.0909. The number of carbonyl (C=O) groups is 4. The maximum absolute atomic E-state index is 12.5. The first-order valence-electron chi connectivity index (χ1n) is 18.1. The molecule has 0 aliphatic rings. The number of halogens is 6. The minimum Gasteiger partial charge on any atom is -0.406 e. The van der Waals surface area contributed by atoms with Gasteiger partial charge >= 0.3 is 12.7 Å². The van der Waals surface area contributed by atoms with E-state index in [-0.39, 0.29) is 11.1 Å². The Morgan fingerprint density at radius 1 is 0.435 bits per heavy atom. The van der Waals surface area contributed by atoms with Crippen molar-refractivity contribution in [2.24, 2.45) is 0 Å². The Hall–Kier alpha value is -7.70. The normalized spacial score (nSPS) is 12.0. The van der Waals surface area contributed by atoms with Crippen LogP contribution in [-0.2, 0) is 9.59 Å². The van der Waals surface area contributed by atoms with Gasteiger partial charge in [-0.2, -0.15) is 0 Å². The van der Waals surface area contributed by atoms with Crippen molar-refractivity contribution in [3.8, 4) is 11.5 Å². The number of hydrogen-bond donors (Lipinski definition) is 6. The summed E-state index contributed by atoms with van der Waals surface area (Å²) in [6, 6.07) is 39.5. The maximum Gasteiger partial charge on any atom is 0.573 e. The zero-order chi connectivity index (χ0) is 44.9. The number of rotatable bonds is 12. The molecule has 62 heavy (non-hydrogen) atoms. The molecule has 0 aromatic heterocycles. The quantitative estimate of drug-likeness (QED) is 0.0402. The number of hydrogen-bond acceptors (Lipinski definition) is 8. The molecule has 2 unspecified atom stereocenters. The molecule has 0 bridgehead atoms. The zero-order valence-corrected chi connectivity index (χ0v) is 31.8. The van der Waals surface area contributed by atoms with Crippen LogP contribution in [0, 0.1) is 0 Å². The van der Waals surface area contributed by atoms with Gasteiger partial charge in [0.1, 0.15) is 11.5 Å². The molecule has 0 spiro atoms. The molecule has 12 nitrogen and oxygen atoms in total. The lowest BCUT2D eigenvalue weighted by molar-refractivity contribution is -0.275. The molecular formula is C44H34F6N4O8. The highest BCUT2D eigenvalue weighted by Gasteiger charge is 2.32. The van der Waals surface area contributed by atoms with E-state index in [1.165, 1.54) is 24.3 Å². The second-order valence-corrected chi connectivity index (χ2v) is 12.9. The number of alkyl halides is 6. The van der Waals surface area contributed by atoms with Gasteiger partial charge in [-0.25, -0.2) is 11.0 Å². The molecule has 0 saturated carbocycles. The molecule has 0 aliphatic heterocycles. The average molecular weight is 861 g/mol. The predicted octanol–water partition coefficient (Wildman–Crippen LogP) is 8.95. The van der Waals surface area contributed by atoms with E-state index in [0.29, 0.717) is 33.6 Å². The molecule has 0 aliphatic carbocycles. The molecule has 0 fully saturated rings. The van der Waals surface area contributed by atoms with Crippen LogP contribution >= 0.6 is 0 Å². The number of amides is 4. The van der Waals surface area contributed by atoms with Crippen LogP contribution in [0.5, 0.6) is 11.5 Å². The molecule has 6 aromatic rings. The van der Waals surface area contributed by atoms with Crippen molar-refractivity contribution in [3.05, 3.63) is 191 Å². The van der Waals surface area contributed by atoms with Gasteiger partial charge in [0.2, 0.25) is 0 Å². The van der Waals surface area contributed by atoms with Crippen molar-refractivity contribution in [2.45, 2.75) is 24.6 Å². The van der Waals surface area contributed by atoms with Crippen molar-refractivity contribution in [1.82, 2.24) is 11.0 Å². The lowest BCUT2D eigenvalue weighted by atomic mass is 9.90. The van der Waals surface area contributed by atoms with Gasteiger partial charge in [-0.15, -0.1) is 26.3 Å². The molecule has 320 valence electrons. The van der Waals surface area contributed by atoms with Crippen molar-refractivity contribution >= 4 is 35.0 Å². The predicted molar refractivity (Wildman–Crippen MR) is 211 cm³/mol. The lowest BCUT2D eigenvalue weighted by Crippen LogP contribution is -2.27. The number of anilines is 2. The fourth-order valence-corrected chi connectivity index (χ4v) is 6.01. The summed E-state index contributed by atoms with van der Waals surface area (Å²) >= 11 is 0. The third-order valence-corrected chi connectivity index (χ3v) is 8.67. The van der Waals surface area contributed by atoms with Crippen molar-refractivity contribution in [3.63, 3.8) is 0 Å². The van der Waals surface area contributed by atoms with Crippen LogP contribution in [0.3, 0.4) is 0 Å². The van der Waals surface area contributed by atoms with Crippen LogP contribution in [0.4, 0.5) is 37.7 Å². The van der Waals surface area contributed by atoms with Crippen molar-refractivity contribution in [1.29, 1.82) is 0 Å². The smallest absolute Gasteiger partial charge is 0.406 e. The standard InChI is InChI=1S/2C22H17F3N2O4/c23-22(24,25)31-18-8-4-7-16(13-18)20(28)26-17-11-9-15(10-12-17)19(21(29)27-30)14-5-2-1-3-6-14;23-22(24,25)31-18-11-9-15(10-12-18)20(28)26-17-8-4-7-16(13-17)19(21(29)27-30)14-5-2-1-3-6-14/h2*1-13,19,30H,(H,26,28)(H,27,29). The number of ether oxygens (including phenoxy) is 2. The van der Waals surface area contributed by atoms with E-state index in [9.17, 15) is 45.5 Å². The summed E-state index contributed by atoms with van der Waals surface area (Å²) in [5, 5.41) is 23.4. The second kappa shape index (κ2) is 20.5. The van der Waals surface area contributed by atoms with Gasteiger partial charge in [0.15, 0.2) is 0 Å². The Kier molecular flexibility index (Phi) is 15.0. The Bertz CT molecular complexity index is 2450. The molecule has 6 N–H and O–H groups in total. The van der Waals surface area contributed by atoms with Gasteiger partial charge < -0.3 is 20.1 Å². The largest absolute Gasteiger partial charge is 0.573 e. The molecule has 0 radical (unpaired) electrons. The summed E-state index contributed by atoms with van der Waals surface area (Å²) in [5.74, 6) is -4.98. The van der Waals surface area contributed by atoms with Crippen LogP contribution in [0.15, 0.2) is 158 Å². The van der Waals surface area contributed by atoms with Gasteiger partial charge in [0.05, 0.1) is 11.8 Å². The second-order valence-electron chi connectivity index (χ2n) is 12.9. The highest BCUT2D eigenvalue weighted by atomic mass is 19.4. The molecule has 6 aromatic carbocycles. The summed E-state index contributed by atoms with van der Waals surface area (Å²) in [5.41, 5.74) is 6.51. The molecule has 0 saturated heterocycles. The summed E-state index contributed by atoms with van der Waals surface area (Å²) < 4.78 is 81.4. The monoisotopic (exact) mass is 860 g/mol. The molecule has 6 rings (SSSR count). The van der Waals surface area contributed by atoms with Crippen molar-refractivity contribution < 1.29 is 65.4 Å². The SMILES string of the molecule is O=C(Nc1ccc(C(C(=O)NO)c2ccccc2)cc1)c1cccc(OC(F)(F)F)c1.O=C(Nc1cccc(C(C(=O)NO)c2ccccc2)c1)c1ccc(OC(F)(F)F)cc1. The Morgan fingerprint density at radius 3 is 1.42 bits per heavy atom. The summed E-state index contributed by atoms with van der Waals surface area (Å²) in [4.78, 5) is 49.3. The molecule has 18 heteroatoms. The average Bonchev–Trinajstić information content (AvgIpc) is 3.24. The third kappa shape index (κ3) is 13.2. The van der Waals surface area contributed by atoms with E-state index in [0.717, 1.165) is 24.3 Å². The first-order chi connectivity index (χ1) is 29.5. The summed E-state index contributed by atoms with van der Waals surface area (Å²) in [6.45, 7) is 0. The van der Waals surface area contributed by atoms with Crippen LogP contribution in [0.25, 0.3) is 0 Å². The summed E-state index contributed by atoms with van der Waals surface area (Å²) in [6.07, 6.45) is -9.68. The van der Waals surface area contributed by atoms with E-state index >= 15 is 0 Å². The molecular weight excluding hydrogens is 826 g/mol. The van der Waals surface area contributed by atoms with Gasteiger partial charge in [-0.1, -0.05) is 91.0 Å². The zero-order valence-electron chi connectivity index (χ0n) is 31.8. The first kappa shape index (κ1) is 45.4. The number of hydroxylamine groups is 2. The van der Waals surface area contributed by atoms with E-state index in [2.05, 4.69) is 20.1 Å². The Labute approximate surface area is 348 Å². The van der Waals surface area contributed by atoms with Crippen LogP contribution in [0.1, 0.15) is 54.8 Å². The van der Waals surface area contributed by atoms with Gasteiger partial charge in [0.25, 0.3) is 23.6 Å². The Morgan fingerprint density at radius 2 is 0.887 bits per heavy atom. The number of benzene rings is 6. The lowest BCUT2D eigenvalue weighted by Gasteiger charge is -2.17. The number of nitrogens with one attached hydrogen (secondary N) is 4. The number of carbonyl (C=O) groups excluding carboxylic acids is 4. The summed E-state index contributed by atoms with van der Waals surface area (Å²) in [7, 11) is 0. The van der Waals surface area contributed by atoms with Crippen LogP contribution < -0.4 is 31.1 Å². The highest BCUT2D eigenvalue weighted by Crippen LogP contribution is 2.29. The van der Waals surface area contributed by atoms with Crippen molar-refractivity contribution in [2.75, 3.05) is 10.6 Å². The molecule has 2 atom stereocenters. The Balaban J connectivity index is 0.000000234. The minimum atomic E-state index is -4.86. The first-order valence-corrected chi connectivity index (χ1v) is 18.1. The van der Waals surface area contributed by atoms with Gasteiger partial charge in [-0.3, -0.25) is 29.6 Å². The van der Waals surface area contributed by atoms with E-state index in [4.69, 9.17) is 10.4 Å². The van der Waals surface area contributed by atoms with Crippen LogP contribution in [-0.4, -0.2) is 46.8 Å². The van der Waals surface area contributed by atoms with Gasteiger partial charge in [-0.05, 0) is 89.0 Å². The fourth-order valence-electron chi connectivity index (χ4n) is 6.01. The maximum atomic E-state index is 12.5. The van der Waals surface area contributed by atoms with Gasteiger partial charge in [0, 0.05) is 22.5 Å². The minimum absolute atomic E-state index is 0.0207. The van der Waals surface area contributed by atoms with Crippen LogP contribution in [0.2, 0.25) is 0 Å². The topological polar surface area (TPSA) is 175 Å². The van der Waals surface area contributed by atoms with E-state index in [1.807, 2.05) is 0 Å². The van der Waals surface area contributed by atoms with E-state index < -0.39 is 59.7 Å². The van der Waals surface area contributed by atoms with E-state index in [1.54, 1.807) is 120 Å². The molecule has 4 amide bonds.